The van der Waals surface area contributed by atoms with Gasteiger partial charge in [0.1, 0.15) is 0 Å². The molecule has 1 aromatic rings. The smallest absolute Gasteiger partial charge is 0.220 e. The lowest BCUT2D eigenvalue weighted by Crippen LogP contribution is -2.36. The van der Waals surface area contributed by atoms with E-state index < -0.39 is 0 Å². The third-order valence-electron chi connectivity index (χ3n) is 2.25. The fourth-order valence-electron chi connectivity index (χ4n) is 1.44. The van der Waals surface area contributed by atoms with E-state index in [4.69, 9.17) is 5.73 Å². The van der Waals surface area contributed by atoms with Crippen molar-refractivity contribution in [2.75, 3.05) is 0 Å². The van der Waals surface area contributed by atoms with E-state index in [9.17, 15) is 4.79 Å². The van der Waals surface area contributed by atoms with Gasteiger partial charge >= 0.3 is 0 Å². The molecule has 1 rings (SSSR count). The standard InChI is InChI=1S/C11H20N4O/c1-9(12)4-5-11(16)14-10(2)8-15-7-3-6-13-15/h3,6-7,9-10H,4-5,8,12H2,1-2H3,(H,14,16). The van der Waals surface area contributed by atoms with Gasteiger partial charge in [-0.15, -0.1) is 0 Å². The van der Waals surface area contributed by atoms with Crippen LogP contribution in [0.1, 0.15) is 26.7 Å². The highest BCUT2D eigenvalue weighted by Gasteiger charge is 2.08. The average molecular weight is 224 g/mol. The molecule has 5 nitrogen and oxygen atoms in total. The number of hydrogen-bond donors (Lipinski definition) is 2. The predicted octanol–water partition coefficient (Wildman–Crippen LogP) is 0.515. The summed E-state index contributed by atoms with van der Waals surface area (Å²) in [7, 11) is 0. The van der Waals surface area contributed by atoms with Crippen LogP contribution in [0.4, 0.5) is 0 Å². The summed E-state index contributed by atoms with van der Waals surface area (Å²) in [6.07, 6.45) is 4.82. The first-order chi connectivity index (χ1) is 7.58. The molecular weight excluding hydrogens is 204 g/mol. The van der Waals surface area contributed by atoms with Gasteiger partial charge in [0.05, 0.1) is 6.54 Å². The van der Waals surface area contributed by atoms with Gasteiger partial charge in [0.15, 0.2) is 0 Å². The Hall–Kier alpha value is -1.36. The van der Waals surface area contributed by atoms with Crippen LogP contribution in [0.15, 0.2) is 18.5 Å². The van der Waals surface area contributed by atoms with Crippen molar-refractivity contribution in [3.63, 3.8) is 0 Å². The normalized spacial score (nSPS) is 14.4. The lowest BCUT2D eigenvalue weighted by molar-refractivity contribution is -0.121. The van der Waals surface area contributed by atoms with Crippen molar-refractivity contribution in [1.29, 1.82) is 0 Å². The van der Waals surface area contributed by atoms with Gasteiger partial charge in [-0.05, 0) is 26.3 Å². The summed E-state index contributed by atoms with van der Waals surface area (Å²) in [6.45, 7) is 4.56. The molecule has 0 spiro atoms. The molecule has 0 aromatic carbocycles. The highest BCUT2D eigenvalue weighted by molar-refractivity contribution is 5.76. The second kappa shape index (κ2) is 6.27. The molecule has 0 radical (unpaired) electrons. The summed E-state index contributed by atoms with van der Waals surface area (Å²) in [5, 5.41) is 7.00. The predicted molar refractivity (Wildman–Crippen MR) is 62.7 cm³/mol. The summed E-state index contributed by atoms with van der Waals surface area (Å²) >= 11 is 0. The maximum absolute atomic E-state index is 11.5. The molecule has 0 bridgehead atoms. The number of aromatic nitrogens is 2. The minimum Gasteiger partial charge on any atom is -0.352 e. The molecule has 5 heteroatoms. The van der Waals surface area contributed by atoms with Crippen LogP contribution in [-0.4, -0.2) is 27.8 Å². The van der Waals surface area contributed by atoms with Crippen LogP contribution >= 0.6 is 0 Å². The second-order valence-corrected chi connectivity index (χ2v) is 4.21. The van der Waals surface area contributed by atoms with Crippen molar-refractivity contribution < 1.29 is 4.79 Å². The Labute approximate surface area is 96.0 Å². The molecule has 2 unspecified atom stereocenters. The van der Waals surface area contributed by atoms with Crippen LogP contribution in [0.3, 0.4) is 0 Å². The van der Waals surface area contributed by atoms with Crippen molar-refractivity contribution in [3.05, 3.63) is 18.5 Å². The van der Waals surface area contributed by atoms with Crippen LogP contribution < -0.4 is 11.1 Å². The monoisotopic (exact) mass is 224 g/mol. The van der Waals surface area contributed by atoms with Crippen LogP contribution in [-0.2, 0) is 11.3 Å². The Morgan fingerprint density at radius 3 is 2.88 bits per heavy atom. The first kappa shape index (κ1) is 12.7. The zero-order chi connectivity index (χ0) is 12.0. The molecule has 0 saturated carbocycles. The van der Waals surface area contributed by atoms with Crippen LogP contribution in [0, 0.1) is 0 Å². The molecule has 0 aliphatic carbocycles. The molecule has 1 heterocycles. The molecule has 3 N–H and O–H groups in total. The van der Waals surface area contributed by atoms with Gasteiger partial charge in [0.25, 0.3) is 0 Å². The Kier molecular flexibility index (Phi) is 4.98. The summed E-state index contributed by atoms with van der Waals surface area (Å²) in [6, 6.07) is 2.03. The minimum absolute atomic E-state index is 0.0527. The van der Waals surface area contributed by atoms with E-state index in [0.29, 0.717) is 13.0 Å². The average Bonchev–Trinajstić information content (AvgIpc) is 2.67. The van der Waals surface area contributed by atoms with Gasteiger partial charge < -0.3 is 11.1 Å². The Balaban J connectivity index is 2.23. The topological polar surface area (TPSA) is 72.9 Å². The van der Waals surface area contributed by atoms with E-state index in [0.717, 1.165) is 6.42 Å². The number of nitrogens with one attached hydrogen (secondary N) is 1. The molecule has 2 atom stereocenters. The number of carbonyl (C=O) groups excluding carboxylic acids is 1. The third-order valence-corrected chi connectivity index (χ3v) is 2.25. The lowest BCUT2D eigenvalue weighted by atomic mass is 10.2. The SMILES string of the molecule is CC(N)CCC(=O)NC(C)Cn1cccn1. The fourth-order valence-corrected chi connectivity index (χ4v) is 1.44. The fraction of sp³-hybridized carbons (Fsp3) is 0.636. The molecule has 1 amide bonds. The van der Waals surface area contributed by atoms with Crippen LogP contribution in [0.25, 0.3) is 0 Å². The van der Waals surface area contributed by atoms with Crippen molar-refractivity contribution in [3.8, 4) is 0 Å². The van der Waals surface area contributed by atoms with Gasteiger partial charge in [-0.25, -0.2) is 0 Å². The largest absolute Gasteiger partial charge is 0.352 e. The second-order valence-electron chi connectivity index (χ2n) is 4.21. The summed E-state index contributed by atoms with van der Waals surface area (Å²) in [5.41, 5.74) is 5.59. The number of carbonyl (C=O) groups is 1. The van der Waals surface area contributed by atoms with Crippen molar-refractivity contribution in [2.24, 2.45) is 5.73 Å². The first-order valence-corrected chi connectivity index (χ1v) is 5.60. The number of rotatable bonds is 6. The van der Waals surface area contributed by atoms with Gasteiger partial charge in [0.2, 0.25) is 5.91 Å². The number of amides is 1. The van der Waals surface area contributed by atoms with Crippen molar-refractivity contribution >= 4 is 5.91 Å². The quantitative estimate of drug-likeness (QED) is 0.739. The Bertz CT molecular complexity index is 308. The maximum Gasteiger partial charge on any atom is 0.220 e. The lowest BCUT2D eigenvalue weighted by Gasteiger charge is -2.14. The summed E-state index contributed by atoms with van der Waals surface area (Å²) in [4.78, 5) is 11.5. The van der Waals surface area contributed by atoms with E-state index in [1.165, 1.54) is 0 Å². The van der Waals surface area contributed by atoms with Crippen LogP contribution in [0.5, 0.6) is 0 Å². The molecular formula is C11H20N4O. The zero-order valence-corrected chi connectivity index (χ0v) is 9.89. The molecule has 90 valence electrons. The van der Waals surface area contributed by atoms with E-state index in [1.807, 2.05) is 26.1 Å². The highest BCUT2D eigenvalue weighted by Crippen LogP contribution is 1.96. The molecule has 0 saturated heterocycles. The van der Waals surface area contributed by atoms with E-state index in [2.05, 4.69) is 10.4 Å². The molecule has 0 fully saturated rings. The zero-order valence-electron chi connectivity index (χ0n) is 9.89. The van der Waals surface area contributed by atoms with Crippen LogP contribution in [0.2, 0.25) is 0 Å². The number of hydrogen-bond acceptors (Lipinski definition) is 3. The van der Waals surface area contributed by atoms with Gasteiger partial charge in [-0.3, -0.25) is 9.48 Å². The molecule has 0 aliphatic rings. The molecule has 0 aliphatic heterocycles. The number of nitrogens with two attached hydrogens (primary N) is 1. The molecule has 1 aromatic heterocycles. The summed E-state index contributed by atoms with van der Waals surface area (Å²) < 4.78 is 1.80. The Morgan fingerprint density at radius 2 is 2.31 bits per heavy atom. The van der Waals surface area contributed by atoms with Gasteiger partial charge in [-0.1, -0.05) is 0 Å². The van der Waals surface area contributed by atoms with E-state index in [1.54, 1.807) is 10.9 Å². The number of nitrogens with zero attached hydrogens (tertiary/aromatic N) is 2. The van der Waals surface area contributed by atoms with E-state index in [-0.39, 0.29) is 18.0 Å². The maximum atomic E-state index is 11.5. The van der Waals surface area contributed by atoms with Gasteiger partial charge in [-0.2, -0.15) is 5.10 Å². The third kappa shape index (κ3) is 4.93. The Morgan fingerprint density at radius 1 is 1.56 bits per heavy atom. The first-order valence-electron chi connectivity index (χ1n) is 5.60. The van der Waals surface area contributed by atoms with Gasteiger partial charge in [0, 0.05) is 30.9 Å². The van der Waals surface area contributed by atoms with Crippen molar-refractivity contribution in [2.45, 2.75) is 45.3 Å². The molecule has 16 heavy (non-hydrogen) atoms. The van der Waals surface area contributed by atoms with Crippen molar-refractivity contribution in [1.82, 2.24) is 15.1 Å². The summed E-state index contributed by atoms with van der Waals surface area (Å²) in [5.74, 6) is 0.0527. The minimum atomic E-state index is 0.0527. The highest BCUT2D eigenvalue weighted by atomic mass is 16.1. The van der Waals surface area contributed by atoms with E-state index >= 15 is 0 Å².